The Morgan fingerprint density at radius 3 is 2.38 bits per heavy atom. The van der Waals surface area contributed by atoms with Crippen molar-refractivity contribution in [3.8, 4) is 11.5 Å². The third-order valence-electron chi connectivity index (χ3n) is 5.77. The van der Waals surface area contributed by atoms with Crippen molar-refractivity contribution in [1.29, 1.82) is 0 Å². The van der Waals surface area contributed by atoms with Crippen molar-refractivity contribution < 1.29 is 57.2 Å². The molecular weight excluding hydrogens is 588 g/mol. The number of carbonyl (C=O) groups excluding carboxylic acids is 1. The SMILES string of the molecule is CCOc1c(Cl)cccc1NC(=O)c1cc2ccccc2c(N=Nc2c(Cl)cc(S(=O)(=O)O)cc2CC)c1[O-].[Na+]. The second-order valence-corrected chi connectivity index (χ2v) is 10.5. The molecule has 0 aliphatic carbocycles. The minimum atomic E-state index is -4.50. The molecule has 4 aromatic carbocycles. The number of amides is 1. The quantitative estimate of drug-likeness (QED) is 0.175. The van der Waals surface area contributed by atoms with Crippen LogP contribution in [0, 0.1) is 0 Å². The summed E-state index contributed by atoms with van der Waals surface area (Å²) < 4.78 is 38.1. The summed E-state index contributed by atoms with van der Waals surface area (Å²) >= 11 is 12.5. The van der Waals surface area contributed by atoms with Gasteiger partial charge in [-0.25, -0.2) is 0 Å². The number of halogens is 2. The minimum absolute atomic E-state index is 0. The molecule has 40 heavy (non-hydrogen) atoms. The summed E-state index contributed by atoms with van der Waals surface area (Å²) in [6, 6.07) is 15.5. The molecule has 0 radical (unpaired) electrons. The summed E-state index contributed by atoms with van der Waals surface area (Å²) in [5, 5.41) is 25.8. The number of nitrogens with one attached hydrogen (secondary N) is 1. The van der Waals surface area contributed by atoms with Gasteiger partial charge in [0, 0.05) is 10.9 Å². The fourth-order valence-electron chi connectivity index (χ4n) is 3.92. The molecule has 0 aliphatic heterocycles. The Kier molecular flexibility index (Phi) is 10.6. The first-order chi connectivity index (χ1) is 18.5. The fraction of sp³-hybridized carbons (Fsp3) is 0.148. The van der Waals surface area contributed by atoms with Crippen molar-refractivity contribution in [1.82, 2.24) is 0 Å². The zero-order valence-corrected chi connectivity index (χ0v) is 26.1. The summed E-state index contributed by atoms with van der Waals surface area (Å²) in [6.45, 7) is 3.83. The molecule has 0 aliphatic rings. The molecule has 0 heterocycles. The van der Waals surface area contributed by atoms with Gasteiger partial charge in [-0.1, -0.05) is 66.2 Å². The molecule has 0 aromatic heterocycles. The molecule has 0 spiro atoms. The molecule has 2 N–H and O–H groups in total. The van der Waals surface area contributed by atoms with Gasteiger partial charge in [0.25, 0.3) is 16.0 Å². The van der Waals surface area contributed by atoms with Gasteiger partial charge in [0.1, 0.15) is 5.69 Å². The number of para-hydroxylation sites is 1. The van der Waals surface area contributed by atoms with E-state index in [-0.39, 0.29) is 62.2 Å². The van der Waals surface area contributed by atoms with Gasteiger partial charge in [-0.15, -0.1) is 5.11 Å². The minimum Gasteiger partial charge on any atom is -0.870 e. The standard InChI is InChI=1S/C27H23Cl2N3O6S.Na/c1-3-15-12-17(39(35,36)37)14-21(29)23(15)31-32-24-18-9-6-5-8-16(18)13-19(25(24)33)27(34)30-22-11-7-10-20(28)26(22)38-4-2;/h5-14,33H,3-4H2,1-2H3,(H,30,34)(H,35,36,37);/q;+1/p-1. The van der Waals surface area contributed by atoms with Crippen LogP contribution in [-0.2, 0) is 16.5 Å². The average Bonchev–Trinajstić information content (AvgIpc) is 2.89. The van der Waals surface area contributed by atoms with Gasteiger partial charge in [-0.05, 0) is 54.6 Å². The van der Waals surface area contributed by atoms with Crippen molar-refractivity contribution in [3.63, 3.8) is 0 Å². The van der Waals surface area contributed by atoms with Gasteiger partial charge in [0.2, 0.25) is 0 Å². The van der Waals surface area contributed by atoms with E-state index >= 15 is 0 Å². The van der Waals surface area contributed by atoms with Gasteiger partial charge >= 0.3 is 29.6 Å². The number of rotatable bonds is 8. The van der Waals surface area contributed by atoms with Crippen LogP contribution in [0.15, 0.2) is 75.8 Å². The molecule has 4 rings (SSSR count). The van der Waals surface area contributed by atoms with Crippen LogP contribution >= 0.6 is 23.2 Å². The molecule has 4 aromatic rings. The fourth-order valence-corrected chi connectivity index (χ4v) is 5.05. The summed E-state index contributed by atoms with van der Waals surface area (Å²) in [7, 11) is -4.50. The Bertz CT molecular complexity index is 1730. The van der Waals surface area contributed by atoms with E-state index in [0.717, 1.165) is 6.07 Å². The maximum Gasteiger partial charge on any atom is 1.00 e. The second-order valence-electron chi connectivity index (χ2n) is 8.27. The number of ether oxygens (including phenoxy) is 1. The van der Waals surface area contributed by atoms with E-state index in [4.69, 9.17) is 27.9 Å². The number of fused-ring (bicyclic) bond motifs is 1. The van der Waals surface area contributed by atoms with Crippen LogP contribution < -0.4 is 44.7 Å². The number of hydrogen-bond donors (Lipinski definition) is 2. The van der Waals surface area contributed by atoms with E-state index in [1.54, 1.807) is 56.3 Å². The van der Waals surface area contributed by atoms with Gasteiger partial charge in [0.05, 0.1) is 32.9 Å². The summed E-state index contributed by atoms with van der Waals surface area (Å²) in [5.74, 6) is -1.10. The van der Waals surface area contributed by atoms with E-state index in [1.165, 1.54) is 12.1 Å². The molecule has 0 saturated heterocycles. The number of hydrogen-bond acceptors (Lipinski definition) is 7. The first kappa shape index (κ1) is 31.8. The average molecular weight is 610 g/mol. The van der Waals surface area contributed by atoms with Gasteiger partial charge in [-0.3, -0.25) is 9.35 Å². The van der Waals surface area contributed by atoms with E-state index in [1.807, 2.05) is 0 Å². The van der Waals surface area contributed by atoms with E-state index in [9.17, 15) is 22.9 Å². The molecule has 202 valence electrons. The Hall–Kier alpha value is -2.70. The third kappa shape index (κ3) is 6.77. The van der Waals surface area contributed by atoms with Crippen molar-refractivity contribution in [3.05, 3.63) is 81.8 Å². The maximum absolute atomic E-state index is 13.5. The second kappa shape index (κ2) is 13.3. The zero-order valence-electron chi connectivity index (χ0n) is 21.7. The summed E-state index contributed by atoms with van der Waals surface area (Å²) in [5.41, 5.74) is 0.516. The molecule has 1 amide bonds. The number of anilines is 1. The maximum atomic E-state index is 13.5. The predicted octanol–water partition coefficient (Wildman–Crippen LogP) is 4.10. The normalized spacial score (nSPS) is 11.4. The van der Waals surface area contributed by atoms with Gasteiger partial charge in [-0.2, -0.15) is 13.5 Å². The number of azo groups is 1. The van der Waals surface area contributed by atoms with Crippen molar-refractivity contribution in [2.75, 3.05) is 11.9 Å². The number of benzene rings is 4. The molecule has 0 fully saturated rings. The van der Waals surface area contributed by atoms with Crippen molar-refractivity contribution >= 4 is 67.1 Å². The van der Waals surface area contributed by atoms with Crippen LogP contribution in [0.2, 0.25) is 10.0 Å². The Morgan fingerprint density at radius 1 is 1.00 bits per heavy atom. The number of aryl methyl sites for hydroxylation is 1. The molecule has 0 bridgehead atoms. The molecule has 0 unspecified atom stereocenters. The molecule has 0 saturated carbocycles. The Labute approximate surface area is 263 Å². The number of carbonyl (C=O) groups is 1. The van der Waals surface area contributed by atoms with E-state index in [2.05, 4.69) is 15.5 Å². The van der Waals surface area contributed by atoms with Crippen LogP contribution in [0.5, 0.6) is 11.5 Å². The smallest absolute Gasteiger partial charge is 0.870 e. The van der Waals surface area contributed by atoms with E-state index in [0.29, 0.717) is 40.1 Å². The largest absolute Gasteiger partial charge is 1.00 e. The molecule has 9 nitrogen and oxygen atoms in total. The molecule has 13 heteroatoms. The van der Waals surface area contributed by atoms with Crippen LogP contribution in [0.3, 0.4) is 0 Å². The van der Waals surface area contributed by atoms with Crippen LogP contribution in [-0.4, -0.2) is 25.5 Å². The first-order valence-electron chi connectivity index (χ1n) is 11.7. The van der Waals surface area contributed by atoms with Crippen molar-refractivity contribution in [2.45, 2.75) is 25.2 Å². The molecule has 0 atom stereocenters. The Balaban J connectivity index is 0.00000441. The van der Waals surface area contributed by atoms with Crippen molar-refractivity contribution in [2.24, 2.45) is 10.2 Å². The predicted molar refractivity (Wildman–Crippen MR) is 149 cm³/mol. The molecular formula is C27H22Cl2N3NaO6S. The monoisotopic (exact) mass is 609 g/mol. The van der Waals surface area contributed by atoms with E-state index < -0.39 is 21.8 Å². The zero-order chi connectivity index (χ0) is 28.3. The Morgan fingerprint density at radius 2 is 1.70 bits per heavy atom. The van der Waals surface area contributed by atoms with Crippen LogP contribution in [0.1, 0.15) is 29.8 Å². The summed E-state index contributed by atoms with van der Waals surface area (Å²) in [4.78, 5) is 12.9. The van der Waals surface area contributed by atoms with Crippen LogP contribution in [0.25, 0.3) is 10.8 Å². The van der Waals surface area contributed by atoms with Gasteiger partial charge in [0.15, 0.2) is 5.75 Å². The van der Waals surface area contributed by atoms with Crippen LogP contribution in [0.4, 0.5) is 17.1 Å². The summed E-state index contributed by atoms with van der Waals surface area (Å²) in [6.07, 6.45) is 0.312. The third-order valence-corrected chi connectivity index (χ3v) is 7.19. The topological polar surface area (TPSA) is 140 Å². The first-order valence-corrected chi connectivity index (χ1v) is 13.9. The van der Waals surface area contributed by atoms with Gasteiger partial charge < -0.3 is 15.2 Å². The number of nitrogens with zero attached hydrogens (tertiary/aromatic N) is 2.